The Kier molecular flexibility index (Phi) is 20.2. The molecule has 5 heterocycles. The highest BCUT2D eigenvalue weighted by Crippen LogP contribution is 2.72. The molecule has 6 N–H and O–H groups in total. The predicted octanol–water partition coefficient (Wildman–Crippen LogP) is 9.11. The van der Waals surface area contributed by atoms with Gasteiger partial charge in [-0.1, -0.05) is 81.9 Å². The third kappa shape index (κ3) is 16.2. The SMILES string of the molecule is Cc1c(-c2ccc(N3CCc4cccc(C(=O)Nc5nc6ccccc6s5)c4C3)nc2C(=O)O)cnn1CC12CC3(C)CC(C)(C1)CC(OCCN(CCS(=O)(=O)O)C(=O)OCc1ccc(NC(=O)[C@H](C)NC(=O)C(NC(=O)CCCCCN4C(=O)C=CC4=O)C(C)C)cc1)(C3)C2. The van der Waals surface area contributed by atoms with Crippen molar-refractivity contribution in [2.24, 2.45) is 22.2 Å². The second kappa shape index (κ2) is 28.3. The maximum Gasteiger partial charge on any atom is 0.410 e. The van der Waals surface area contributed by atoms with E-state index in [0.29, 0.717) is 90.6 Å². The van der Waals surface area contributed by atoms with E-state index in [1.807, 2.05) is 59.0 Å². The molecule has 6 aromatic rings. The van der Waals surface area contributed by atoms with Gasteiger partial charge in [-0.15, -0.1) is 0 Å². The first-order valence-corrected chi connectivity index (χ1v) is 35.3. The lowest BCUT2D eigenvalue weighted by atomic mass is 9.39. The van der Waals surface area contributed by atoms with Crippen LogP contribution >= 0.6 is 11.3 Å². The highest BCUT2D eigenvalue weighted by molar-refractivity contribution is 7.85. The zero-order chi connectivity index (χ0) is 69.2. The molecule has 3 aromatic carbocycles. The van der Waals surface area contributed by atoms with Crippen molar-refractivity contribution in [1.82, 2.24) is 40.2 Å². The maximum atomic E-state index is 13.8. The number of anilines is 3. The van der Waals surface area contributed by atoms with Crippen LogP contribution < -0.4 is 26.2 Å². The van der Waals surface area contributed by atoms with Crippen LogP contribution in [0.2, 0.25) is 0 Å². The zero-order valence-corrected chi connectivity index (χ0v) is 57.0. The summed E-state index contributed by atoms with van der Waals surface area (Å²) in [5, 5.41) is 27.3. The van der Waals surface area contributed by atoms with E-state index < -0.39 is 57.4 Å². The number of carbonyl (C=O) groups is 8. The van der Waals surface area contributed by atoms with Gasteiger partial charge in [-0.3, -0.25) is 48.2 Å². The molecule has 4 atom stereocenters. The van der Waals surface area contributed by atoms with Gasteiger partial charge < -0.3 is 40.3 Å². The van der Waals surface area contributed by atoms with Crippen LogP contribution in [0.5, 0.6) is 0 Å². The van der Waals surface area contributed by atoms with Crippen LogP contribution in [0.3, 0.4) is 0 Å². The summed E-state index contributed by atoms with van der Waals surface area (Å²) in [6.07, 6.45) is 10.7. The maximum absolute atomic E-state index is 13.8. The van der Waals surface area contributed by atoms with E-state index in [1.54, 1.807) is 56.4 Å². The Balaban J connectivity index is 0.682. The number of aromatic nitrogens is 4. The second-order valence-electron chi connectivity index (χ2n) is 27.9. The molecule has 0 radical (unpaired) electrons. The molecule has 514 valence electrons. The molecule has 4 saturated carbocycles. The molecule has 0 spiro atoms. The van der Waals surface area contributed by atoms with Crippen LogP contribution in [0.25, 0.3) is 21.3 Å². The third-order valence-electron chi connectivity index (χ3n) is 19.4. The van der Waals surface area contributed by atoms with Crippen LogP contribution in [-0.4, -0.2) is 151 Å². The first-order valence-electron chi connectivity index (χ1n) is 32.9. The summed E-state index contributed by atoms with van der Waals surface area (Å²) in [6.45, 7) is 12.7. The molecule has 97 heavy (non-hydrogen) atoms. The Bertz CT molecular complexity index is 4140. The van der Waals surface area contributed by atoms with Gasteiger partial charge in [-0.25, -0.2) is 19.6 Å². The second-order valence-corrected chi connectivity index (χ2v) is 30.5. The van der Waals surface area contributed by atoms with Crippen LogP contribution in [0, 0.1) is 29.1 Å². The number of amides is 7. The van der Waals surface area contributed by atoms with Gasteiger partial charge in [0.15, 0.2) is 10.8 Å². The fourth-order valence-electron chi connectivity index (χ4n) is 16.0. The summed E-state index contributed by atoms with van der Waals surface area (Å²) < 4.78 is 49.5. The molecular weight excluding hydrogens is 1280 g/mol. The van der Waals surface area contributed by atoms with E-state index in [-0.39, 0.29) is 90.8 Å². The normalized spacial score (nSPS) is 21.6. The van der Waals surface area contributed by atoms with Crippen molar-refractivity contribution in [1.29, 1.82) is 0 Å². The fourth-order valence-corrected chi connectivity index (χ4v) is 17.3. The number of hydrogen-bond acceptors (Lipinski definition) is 17. The van der Waals surface area contributed by atoms with Crippen molar-refractivity contribution in [3.05, 3.63) is 131 Å². The molecule has 2 aliphatic heterocycles. The van der Waals surface area contributed by atoms with Crippen LogP contribution in [-0.2, 0) is 69.7 Å². The quantitative estimate of drug-likeness (QED) is 0.0151. The van der Waals surface area contributed by atoms with Crippen molar-refractivity contribution in [2.75, 3.05) is 54.1 Å². The topological polar surface area (TPSA) is 331 Å². The van der Waals surface area contributed by atoms with Gasteiger partial charge in [-0.05, 0) is 153 Å². The summed E-state index contributed by atoms with van der Waals surface area (Å²) in [5.41, 5.74) is 4.80. The minimum atomic E-state index is -4.48. The van der Waals surface area contributed by atoms with E-state index in [2.05, 4.69) is 40.1 Å². The number of hydrogen-bond donors (Lipinski definition) is 6. The summed E-state index contributed by atoms with van der Waals surface area (Å²) in [6, 6.07) is 21.5. The highest BCUT2D eigenvalue weighted by Gasteiger charge is 2.66. The number of nitrogens with one attached hydrogen (secondary N) is 4. The summed E-state index contributed by atoms with van der Waals surface area (Å²) in [7, 11) is -4.48. The molecule has 0 saturated heterocycles. The summed E-state index contributed by atoms with van der Waals surface area (Å²) in [5.74, 6) is -4.17. The number of pyridine rings is 1. The minimum Gasteiger partial charge on any atom is -0.476 e. The molecule has 25 nitrogen and oxygen atoms in total. The molecule has 3 aromatic heterocycles. The largest absolute Gasteiger partial charge is 0.476 e. The smallest absolute Gasteiger partial charge is 0.410 e. The van der Waals surface area contributed by atoms with Crippen LogP contribution in [0.1, 0.15) is 142 Å². The number of thiazole rings is 1. The van der Waals surface area contributed by atoms with Crippen molar-refractivity contribution >= 4 is 95.8 Å². The van der Waals surface area contributed by atoms with Gasteiger partial charge in [0.25, 0.3) is 27.8 Å². The van der Waals surface area contributed by atoms with Crippen LogP contribution in [0.4, 0.5) is 21.4 Å². The van der Waals surface area contributed by atoms with Gasteiger partial charge >= 0.3 is 12.1 Å². The third-order valence-corrected chi connectivity index (χ3v) is 21.1. The van der Waals surface area contributed by atoms with Gasteiger partial charge in [0.1, 0.15) is 24.5 Å². The highest BCUT2D eigenvalue weighted by atomic mass is 32.2. The van der Waals surface area contributed by atoms with E-state index in [9.17, 15) is 56.4 Å². The van der Waals surface area contributed by atoms with Crippen molar-refractivity contribution in [3.8, 4) is 11.1 Å². The van der Waals surface area contributed by atoms with Crippen molar-refractivity contribution in [2.45, 2.75) is 150 Å². The van der Waals surface area contributed by atoms with Gasteiger partial charge in [0.05, 0.1) is 34.4 Å². The lowest BCUT2D eigenvalue weighted by Gasteiger charge is -2.69. The number of ether oxygens (including phenoxy) is 2. The van der Waals surface area contributed by atoms with Gasteiger partial charge in [0, 0.05) is 85.9 Å². The zero-order valence-electron chi connectivity index (χ0n) is 55.4. The summed E-state index contributed by atoms with van der Waals surface area (Å²) >= 11 is 1.40. The minimum absolute atomic E-state index is 0.0387. The molecule has 4 bridgehead atoms. The first kappa shape index (κ1) is 69.4. The monoisotopic (exact) mass is 1370 g/mol. The number of aromatic carboxylic acids is 1. The molecule has 7 amide bonds. The number of carboxylic acids is 1. The van der Waals surface area contributed by atoms with Gasteiger partial charge in [0.2, 0.25) is 17.7 Å². The van der Waals surface area contributed by atoms with E-state index in [0.717, 1.165) is 64.0 Å². The average molecular weight is 1370 g/mol. The number of unbranched alkanes of at least 4 members (excludes halogenated alkanes) is 2. The molecule has 27 heteroatoms. The number of para-hydroxylation sites is 1. The van der Waals surface area contributed by atoms with E-state index >= 15 is 0 Å². The Morgan fingerprint density at radius 1 is 0.794 bits per heavy atom. The first-order chi connectivity index (χ1) is 46.1. The fraction of sp³-hybridized carbons (Fsp3) is 0.471. The lowest BCUT2D eigenvalue weighted by molar-refractivity contribution is -0.248. The number of rotatable bonds is 28. The predicted molar refractivity (Wildman–Crippen MR) is 363 cm³/mol. The molecule has 4 fully saturated rings. The number of nitrogens with zero attached hydrogens (tertiary/aromatic N) is 7. The molecular formula is C70H83N11O14S2. The molecule has 6 aliphatic rings. The Labute approximate surface area is 566 Å². The van der Waals surface area contributed by atoms with Crippen molar-refractivity contribution < 1.29 is 65.9 Å². The molecule has 4 aliphatic carbocycles. The number of carbonyl (C=O) groups excluding carboxylic acids is 7. The summed E-state index contributed by atoms with van der Waals surface area (Å²) in [4.78, 5) is 117. The Morgan fingerprint density at radius 2 is 1.53 bits per heavy atom. The Hall–Kier alpha value is -8.92. The lowest BCUT2D eigenvalue weighted by Crippen LogP contribution is -2.64. The average Bonchev–Trinajstić information content (AvgIpc) is 0.719. The van der Waals surface area contributed by atoms with E-state index in [1.165, 1.54) is 35.3 Å². The number of carboxylic acid groups (broad SMARTS) is 1. The number of imide groups is 1. The number of fused-ring (bicyclic) bond motifs is 2. The Morgan fingerprint density at radius 3 is 2.23 bits per heavy atom. The van der Waals surface area contributed by atoms with Gasteiger partial charge in [-0.2, -0.15) is 13.5 Å². The van der Waals surface area contributed by atoms with E-state index in [4.69, 9.17) is 19.6 Å². The standard InChI is InChI=1S/C70H83N11O14S2/c1-43(2)59(76-56(82)17-8-7-11-27-80-57(83)24-25-58(80)84)63(87)72-44(3)61(85)73-48-20-18-46(19-21-48)35-94-66(90)78(30-32-97(91,92)93)29-31-95-70-39-67(5)36-68(6,40-70)38-69(37-67,41-70)42-81-45(4)51(33-71-81)49-22-23-55(75-60(49)64(88)89)79-28-26-47-13-12-14-50(52(47)34-79)62(86)77-65-74-53-15-9-10-16-54(53)96-65/h9-10,12-16,18-25,33,43-44,59H,7-8,11,17,26-32,34-42H2,1-6H3,(H,72,87)(H,73,85)(H,76,82)(H,88,89)(H,74,77,86)(H,91,92,93)/t44-,59?,67?,68?,69?,70?/m0/s1. The number of benzene rings is 3. The van der Waals surface area contributed by atoms with Crippen molar-refractivity contribution in [3.63, 3.8) is 0 Å². The molecule has 3 unspecified atom stereocenters. The molecule has 12 rings (SSSR count). The van der Waals surface area contributed by atoms with Crippen LogP contribution in [0.15, 0.2) is 97.2 Å².